The third-order valence-corrected chi connectivity index (χ3v) is 6.73. The van der Waals surface area contributed by atoms with E-state index in [2.05, 4.69) is 10.0 Å². The molecule has 1 saturated carbocycles. The molecule has 0 saturated heterocycles. The maximum absolute atomic E-state index is 13.6. The maximum atomic E-state index is 13.6. The van der Waals surface area contributed by atoms with Gasteiger partial charge in [-0.25, -0.2) is 0 Å². The zero-order valence-corrected chi connectivity index (χ0v) is 17.7. The van der Waals surface area contributed by atoms with Gasteiger partial charge >= 0.3 is 0 Å². The highest BCUT2D eigenvalue weighted by Gasteiger charge is 2.64. The molecule has 3 aliphatic rings. The molecular formula is C21H21N5O7. The Morgan fingerprint density at radius 2 is 1.94 bits per heavy atom. The minimum atomic E-state index is -2.69. The van der Waals surface area contributed by atoms with Gasteiger partial charge in [-0.3, -0.25) is 19.3 Å². The Kier molecular flexibility index (Phi) is 4.97. The van der Waals surface area contributed by atoms with E-state index < -0.39 is 58.0 Å². The number of fused-ring (bicyclic) bond motifs is 3. The largest absolute Gasteiger partial charge is 0.508 e. The molecule has 0 aliphatic heterocycles. The number of likely N-dealkylation sites (N-methyl/N-ethyl adjacent to an activating group) is 1. The lowest BCUT2D eigenvalue weighted by Gasteiger charge is -2.50. The van der Waals surface area contributed by atoms with E-state index in [0.717, 1.165) is 0 Å². The van der Waals surface area contributed by atoms with Crippen molar-refractivity contribution in [3.05, 3.63) is 50.6 Å². The number of Topliss-reactive ketones (excluding diaryl/α,β-unsaturated/α-hetero) is 2. The number of nitrogens with zero attached hydrogens (tertiary/aromatic N) is 4. The van der Waals surface area contributed by atoms with Crippen LogP contribution in [0.3, 0.4) is 0 Å². The number of carbonyl (C=O) groups is 3. The predicted octanol–water partition coefficient (Wildman–Crippen LogP) is 0.906. The number of hydrogen-bond donors (Lipinski definition) is 5. The van der Waals surface area contributed by atoms with E-state index in [-0.39, 0.29) is 35.4 Å². The Balaban J connectivity index is 2.00. The van der Waals surface area contributed by atoms with Crippen molar-refractivity contribution in [1.82, 2.24) is 4.90 Å². The Labute approximate surface area is 186 Å². The van der Waals surface area contributed by atoms with Crippen molar-refractivity contribution in [2.24, 2.45) is 22.7 Å². The van der Waals surface area contributed by atoms with Crippen LogP contribution < -0.4 is 5.73 Å². The van der Waals surface area contributed by atoms with Crippen LogP contribution in [0.1, 0.15) is 17.5 Å². The van der Waals surface area contributed by atoms with Crippen LogP contribution in [0.25, 0.3) is 16.2 Å². The Hall–Kier alpha value is -3.86. The predicted molar refractivity (Wildman–Crippen MR) is 113 cm³/mol. The van der Waals surface area contributed by atoms with Gasteiger partial charge in [0.15, 0.2) is 11.4 Å². The van der Waals surface area contributed by atoms with Gasteiger partial charge in [0.2, 0.25) is 5.78 Å². The first-order chi connectivity index (χ1) is 15.5. The Bertz CT molecular complexity index is 1240. The first-order valence-corrected chi connectivity index (χ1v) is 10.0. The monoisotopic (exact) mass is 455 g/mol. The molecule has 4 atom stereocenters. The van der Waals surface area contributed by atoms with Crippen LogP contribution in [0.5, 0.6) is 5.75 Å². The number of rotatable bonds is 3. The number of amides is 1. The molecule has 172 valence electrons. The number of primary amides is 1. The second kappa shape index (κ2) is 7.34. The molecule has 0 unspecified atom stereocenters. The number of carbonyl (C=O) groups excluding carboxylic acids is 3. The van der Waals surface area contributed by atoms with Crippen LogP contribution in [-0.2, 0) is 20.8 Å². The number of phenols is 1. The van der Waals surface area contributed by atoms with Gasteiger partial charge in [-0.15, -0.1) is 0 Å². The van der Waals surface area contributed by atoms with E-state index in [1.807, 2.05) is 0 Å². The molecule has 0 heterocycles. The highest BCUT2D eigenvalue weighted by Crippen LogP contribution is 2.53. The van der Waals surface area contributed by atoms with Gasteiger partial charge in [0.25, 0.3) is 5.91 Å². The Morgan fingerprint density at radius 1 is 1.27 bits per heavy atom. The summed E-state index contributed by atoms with van der Waals surface area (Å²) < 4.78 is 0. The van der Waals surface area contributed by atoms with Crippen molar-refractivity contribution < 1.29 is 34.8 Å². The number of phenolic OH excluding ortho intramolecular Hbond substituents is 1. The molecule has 1 aromatic carbocycles. The lowest BCUT2D eigenvalue weighted by atomic mass is 9.57. The zero-order valence-electron chi connectivity index (χ0n) is 17.7. The van der Waals surface area contributed by atoms with Gasteiger partial charge < -0.3 is 26.2 Å². The molecule has 33 heavy (non-hydrogen) atoms. The number of ketones is 2. The number of aliphatic hydroxyl groups is 3. The van der Waals surface area contributed by atoms with E-state index in [0.29, 0.717) is 5.56 Å². The van der Waals surface area contributed by atoms with Gasteiger partial charge in [0, 0.05) is 22.1 Å². The molecule has 12 heteroatoms. The summed E-state index contributed by atoms with van der Waals surface area (Å²) in [6, 6.07) is 1.39. The van der Waals surface area contributed by atoms with Crippen molar-refractivity contribution in [3.8, 4) is 5.75 Å². The molecule has 4 rings (SSSR count). The van der Waals surface area contributed by atoms with E-state index >= 15 is 0 Å². The van der Waals surface area contributed by atoms with Crippen LogP contribution in [0.15, 0.2) is 34.2 Å². The minimum absolute atomic E-state index is 0.0445. The summed E-state index contributed by atoms with van der Waals surface area (Å²) in [4.78, 5) is 42.7. The second-order valence-corrected chi connectivity index (χ2v) is 8.61. The summed E-state index contributed by atoms with van der Waals surface area (Å²) in [5.74, 6) is -7.29. The molecule has 6 N–H and O–H groups in total. The summed E-state index contributed by atoms with van der Waals surface area (Å²) in [6.07, 6.45) is 0.00835. The standard InChI is InChI=1S/C21H21N5O7/c1-26(2)15-9-6-7-5-8-10(24-25-23)3-4-11(27)13(8)16(28)12(7)18(30)21(9,33)19(31)14(17(15)29)20(22)32/h3-4,7,9,15,27-28,31,33H,5-6H2,1-2H3,(H2,22,32)/t7-,9-,15-,21-/m0/s1. The third-order valence-electron chi connectivity index (χ3n) is 6.73. The van der Waals surface area contributed by atoms with Crippen molar-refractivity contribution in [2.75, 3.05) is 14.1 Å². The molecular weight excluding hydrogens is 434 g/mol. The maximum Gasteiger partial charge on any atom is 0.255 e. The van der Waals surface area contributed by atoms with E-state index in [1.165, 1.54) is 31.1 Å². The molecule has 1 fully saturated rings. The lowest BCUT2D eigenvalue weighted by Crippen LogP contribution is -2.65. The quantitative estimate of drug-likeness (QED) is 0.191. The third kappa shape index (κ3) is 2.85. The minimum Gasteiger partial charge on any atom is -0.508 e. The van der Waals surface area contributed by atoms with Crippen molar-refractivity contribution >= 4 is 28.9 Å². The number of aliphatic hydroxyl groups excluding tert-OH is 2. The lowest BCUT2D eigenvalue weighted by molar-refractivity contribution is -0.153. The van der Waals surface area contributed by atoms with Crippen molar-refractivity contribution in [3.63, 3.8) is 0 Å². The summed E-state index contributed by atoms with van der Waals surface area (Å²) in [7, 11) is 3.04. The summed E-state index contributed by atoms with van der Waals surface area (Å²) in [5, 5.41) is 47.1. The zero-order chi connectivity index (χ0) is 24.4. The molecule has 0 bridgehead atoms. The molecule has 0 radical (unpaired) electrons. The van der Waals surface area contributed by atoms with Crippen LogP contribution >= 0.6 is 0 Å². The summed E-state index contributed by atoms with van der Waals surface area (Å²) >= 11 is 0. The summed E-state index contributed by atoms with van der Waals surface area (Å²) in [6.45, 7) is 0. The van der Waals surface area contributed by atoms with Crippen LogP contribution in [0, 0.1) is 11.8 Å². The molecule has 3 aliphatic carbocycles. The topological polar surface area (TPSA) is 210 Å². The van der Waals surface area contributed by atoms with Crippen LogP contribution in [-0.4, -0.2) is 68.5 Å². The number of azide groups is 1. The normalized spacial score (nSPS) is 28.8. The first kappa shape index (κ1) is 22.3. The fraction of sp³-hybridized carbons (Fsp3) is 0.381. The van der Waals surface area contributed by atoms with Gasteiger partial charge in [-0.2, -0.15) is 0 Å². The number of nitrogens with two attached hydrogens (primary N) is 1. The molecule has 0 aromatic heterocycles. The second-order valence-electron chi connectivity index (χ2n) is 8.61. The molecule has 12 nitrogen and oxygen atoms in total. The first-order valence-electron chi connectivity index (χ1n) is 10.0. The fourth-order valence-electron chi connectivity index (χ4n) is 5.37. The Morgan fingerprint density at radius 3 is 2.52 bits per heavy atom. The highest BCUT2D eigenvalue weighted by molar-refractivity contribution is 6.24. The van der Waals surface area contributed by atoms with E-state index in [1.54, 1.807) is 0 Å². The number of hydrogen-bond acceptors (Lipinski definition) is 9. The van der Waals surface area contributed by atoms with Gasteiger partial charge in [0.1, 0.15) is 22.8 Å². The summed E-state index contributed by atoms with van der Waals surface area (Å²) in [5.41, 5.74) is 10.6. The van der Waals surface area contributed by atoms with Gasteiger partial charge in [-0.05, 0) is 56.1 Å². The van der Waals surface area contributed by atoms with Gasteiger partial charge in [0.05, 0.1) is 11.6 Å². The molecule has 0 spiro atoms. The number of aromatic hydroxyl groups is 1. The average molecular weight is 455 g/mol. The van der Waals surface area contributed by atoms with E-state index in [9.17, 15) is 34.8 Å². The SMILES string of the molecule is CN(C)[C@@H]1C(=O)C(C(N)=O)=C(O)[C@@]2(O)C(=O)C3=C(O)c4c(O)ccc(N=[N+]=[N-])c4C[C@H]3C[C@@H]12. The van der Waals surface area contributed by atoms with Crippen molar-refractivity contribution in [2.45, 2.75) is 24.5 Å². The smallest absolute Gasteiger partial charge is 0.255 e. The van der Waals surface area contributed by atoms with Crippen LogP contribution in [0.2, 0.25) is 0 Å². The van der Waals surface area contributed by atoms with Crippen LogP contribution in [0.4, 0.5) is 5.69 Å². The molecule has 1 amide bonds. The number of benzene rings is 1. The van der Waals surface area contributed by atoms with E-state index in [4.69, 9.17) is 11.3 Å². The highest BCUT2D eigenvalue weighted by atomic mass is 16.3. The fourth-order valence-corrected chi connectivity index (χ4v) is 5.37. The van der Waals surface area contributed by atoms with Crippen molar-refractivity contribution in [1.29, 1.82) is 0 Å². The van der Waals surface area contributed by atoms with Gasteiger partial charge in [-0.1, -0.05) is 5.11 Å². The average Bonchev–Trinajstić information content (AvgIpc) is 2.72. The molecule has 1 aromatic rings.